The highest BCUT2D eigenvalue weighted by atomic mass is 35.5. The Kier molecular flexibility index (Phi) is 5.97. The molecule has 0 aliphatic rings. The largest absolute Gasteiger partial charge is 0.417 e. The van der Waals surface area contributed by atoms with Crippen molar-refractivity contribution in [2.45, 2.75) is 6.18 Å². The summed E-state index contributed by atoms with van der Waals surface area (Å²) in [6.07, 6.45) is -3.66. The first kappa shape index (κ1) is 22.6. The summed E-state index contributed by atoms with van der Waals surface area (Å²) in [4.78, 5) is 4.28. The van der Waals surface area contributed by atoms with Crippen LogP contribution in [0, 0.1) is 0 Å². The van der Waals surface area contributed by atoms with Crippen molar-refractivity contribution in [2.24, 2.45) is 0 Å². The zero-order valence-corrected chi connectivity index (χ0v) is 17.6. The van der Waals surface area contributed by atoms with Crippen molar-refractivity contribution in [2.75, 3.05) is 11.0 Å². The first-order valence-corrected chi connectivity index (χ1v) is 10.6. The van der Waals surface area contributed by atoms with Crippen LogP contribution in [0.4, 0.5) is 18.9 Å². The lowest BCUT2D eigenvalue weighted by Gasteiger charge is -2.12. The van der Waals surface area contributed by atoms with Crippen molar-refractivity contribution in [1.82, 2.24) is 15.2 Å². The highest BCUT2D eigenvalue weighted by molar-refractivity contribution is 7.92. The van der Waals surface area contributed by atoms with Crippen molar-refractivity contribution in [3.8, 4) is 22.5 Å². The topological polar surface area (TPSA) is 87.7 Å². The molecule has 6 nitrogen and oxygen atoms in total. The lowest BCUT2D eigenvalue weighted by Crippen LogP contribution is -2.09. The van der Waals surface area contributed by atoms with Crippen molar-refractivity contribution in [1.29, 1.82) is 0 Å². The van der Waals surface area contributed by atoms with Crippen LogP contribution in [0.3, 0.4) is 0 Å². The maximum atomic E-state index is 13.9. The van der Waals surface area contributed by atoms with Crippen molar-refractivity contribution in [3.63, 3.8) is 0 Å². The van der Waals surface area contributed by atoms with E-state index in [-0.39, 0.29) is 40.5 Å². The molecule has 2 aromatic heterocycles. The van der Waals surface area contributed by atoms with E-state index in [9.17, 15) is 21.6 Å². The Morgan fingerprint density at radius 1 is 0.968 bits per heavy atom. The second-order valence-corrected chi connectivity index (χ2v) is 8.42. The Morgan fingerprint density at radius 2 is 1.65 bits per heavy atom. The Labute approximate surface area is 182 Å². The van der Waals surface area contributed by atoms with Crippen LogP contribution in [0.5, 0.6) is 0 Å². The number of benzene rings is 2. The lowest BCUT2D eigenvalue weighted by molar-refractivity contribution is -0.136. The van der Waals surface area contributed by atoms with E-state index in [0.29, 0.717) is 11.1 Å². The minimum Gasteiger partial charge on any atom is -0.284 e. The number of nitrogens with zero attached hydrogens (tertiary/aromatic N) is 2. The zero-order chi connectivity index (χ0) is 21.5. The van der Waals surface area contributed by atoms with Crippen LogP contribution in [-0.4, -0.2) is 29.9 Å². The van der Waals surface area contributed by atoms with Gasteiger partial charge in [0.15, 0.2) is 5.65 Å². The molecule has 0 spiro atoms. The molecule has 0 bridgehead atoms. The van der Waals surface area contributed by atoms with E-state index in [1.54, 1.807) is 36.4 Å². The third kappa shape index (κ3) is 4.80. The molecule has 0 aliphatic carbocycles. The van der Waals surface area contributed by atoms with Crippen LogP contribution in [0.15, 0.2) is 60.7 Å². The number of hydrogen-bond donors (Lipinski definition) is 2. The maximum absolute atomic E-state index is 13.9. The SMILES string of the molecule is CS(=O)(=O)Nc1cccc(-c2cc(C(F)(F)F)c3c(-c4ccccc4)[nH]nc3n2)c1.Cl. The van der Waals surface area contributed by atoms with E-state index in [2.05, 4.69) is 19.9 Å². The molecule has 0 saturated heterocycles. The van der Waals surface area contributed by atoms with Crippen LogP contribution in [0.1, 0.15) is 5.56 Å². The van der Waals surface area contributed by atoms with Crippen LogP contribution in [0.2, 0.25) is 0 Å². The van der Waals surface area contributed by atoms with E-state index in [1.807, 2.05) is 0 Å². The van der Waals surface area contributed by atoms with Crippen molar-refractivity contribution < 1.29 is 21.6 Å². The number of fused-ring (bicyclic) bond motifs is 1. The van der Waals surface area contributed by atoms with E-state index in [1.165, 1.54) is 18.2 Å². The fourth-order valence-corrected chi connectivity index (χ4v) is 3.72. The van der Waals surface area contributed by atoms with E-state index >= 15 is 0 Å². The van der Waals surface area contributed by atoms with Gasteiger partial charge in [0.1, 0.15) is 0 Å². The third-order valence-corrected chi connectivity index (χ3v) is 4.96. The summed E-state index contributed by atoms with van der Waals surface area (Å²) < 4.78 is 67.0. The molecule has 0 saturated carbocycles. The minimum absolute atomic E-state index is 0. The Balaban J connectivity index is 0.00000272. The summed E-state index contributed by atoms with van der Waals surface area (Å²) in [5.41, 5.74) is 0.386. The number of H-pyrrole nitrogens is 1. The number of hydrogen-bond acceptors (Lipinski definition) is 4. The minimum atomic E-state index is -4.65. The molecule has 11 heteroatoms. The van der Waals surface area contributed by atoms with Crippen LogP contribution in [0.25, 0.3) is 33.5 Å². The van der Waals surface area contributed by atoms with Gasteiger partial charge in [-0.05, 0) is 18.2 Å². The van der Waals surface area contributed by atoms with Gasteiger partial charge in [0.25, 0.3) is 0 Å². The molecule has 162 valence electrons. The Hall–Kier alpha value is -3.11. The molecule has 0 aliphatic heterocycles. The monoisotopic (exact) mass is 468 g/mol. The van der Waals surface area contributed by atoms with E-state index in [0.717, 1.165) is 12.3 Å². The number of sulfonamides is 1. The summed E-state index contributed by atoms with van der Waals surface area (Å²) in [6, 6.07) is 15.5. The number of aromatic nitrogens is 3. The molecule has 0 amide bonds. The van der Waals surface area contributed by atoms with Gasteiger partial charge >= 0.3 is 6.18 Å². The number of rotatable bonds is 4. The van der Waals surface area contributed by atoms with Gasteiger partial charge in [-0.25, -0.2) is 13.4 Å². The molecule has 4 aromatic rings. The van der Waals surface area contributed by atoms with Gasteiger partial charge in [-0.2, -0.15) is 18.3 Å². The molecule has 0 fully saturated rings. The molecule has 31 heavy (non-hydrogen) atoms. The van der Waals surface area contributed by atoms with Gasteiger partial charge in [-0.15, -0.1) is 12.4 Å². The molecule has 2 N–H and O–H groups in total. The molecule has 2 heterocycles. The van der Waals surface area contributed by atoms with E-state index in [4.69, 9.17) is 0 Å². The molecular weight excluding hydrogens is 453 g/mol. The van der Waals surface area contributed by atoms with Crippen molar-refractivity contribution >= 4 is 39.2 Å². The van der Waals surface area contributed by atoms with Gasteiger partial charge in [0.2, 0.25) is 10.0 Å². The maximum Gasteiger partial charge on any atom is 0.417 e. The van der Waals surface area contributed by atoms with Gasteiger partial charge in [0.05, 0.1) is 28.6 Å². The fraction of sp³-hybridized carbons (Fsp3) is 0.100. The highest BCUT2D eigenvalue weighted by Crippen LogP contribution is 2.40. The standard InChI is InChI=1S/C20H15F3N4O2S.ClH/c1-30(28,29)27-14-9-5-8-13(10-14)16-11-15(20(21,22)23)17-18(25-26-19(17)24-16)12-6-3-2-4-7-12;/h2-11,27H,1H3,(H,24,25,26);1H. The normalized spacial score (nSPS) is 11.9. The van der Waals surface area contributed by atoms with Gasteiger partial charge < -0.3 is 0 Å². The fourth-order valence-electron chi connectivity index (χ4n) is 3.16. The van der Waals surface area contributed by atoms with Crippen molar-refractivity contribution in [3.05, 3.63) is 66.2 Å². The summed E-state index contributed by atoms with van der Waals surface area (Å²) in [6.45, 7) is 0. The number of halogens is 4. The molecular formula is C20H16ClF3N4O2S. The number of anilines is 1. The molecule has 0 atom stereocenters. The zero-order valence-electron chi connectivity index (χ0n) is 15.9. The van der Waals surface area contributed by atoms with Crippen LogP contribution >= 0.6 is 12.4 Å². The Bertz CT molecular complexity index is 1340. The number of nitrogens with one attached hydrogen (secondary N) is 2. The first-order chi connectivity index (χ1) is 14.1. The summed E-state index contributed by atoms with van der Waals surface area (Å²) in [7, 11) is -3.54. The quantitative estimate of drug-likeness (QED) is 0.436. The smallest absolute Gasteiger partial charge is 0.284 e. The second kappa shape index (κ2) is 8.20. The van der Waals surface area contributed by atoms with E-state index < -0.39 is 21.8 Å². The molecule has 4 rings (SSSR count). The molecule has 0 unspecified atom stereocenters. The number of alkyl halides is 3. The third-order valence-electron chi connectivity index (χ3n) is 4.35. The predicted octanol–water partition coefficient (Wildman–Crippen LogP) is 5.10. The lowest BCUT2D eigenvalue weighted by atomic mass is 10.0. The highest BCUT2D eigenvalue weighted by Gasteiger charge is 2.35. The average molecular weight is 469 g/mol. The first-order valence-electron chi connectivity index (χ1n) is 8.72. The second-order valence-electron chi connectivity index (χ2n) is 6.67. The van der Waals surface area contributed by atoms with Crippen LogP contribution < -0.4 is 4.72 Å². The number of pyridine rings is 1. The van der Waals surface area contributed by atoms with Gasteiger partial charge in [-0.1, -0.05) is 42.5 Å². The van der Waals surface area contributed by atoms with Gasteiger partial charge in [0, 0.05) is 16.8 Å². The summed E-state index contributed by atoms with van der Waals surface area (Å²) >= 11 is 0. The summed E-state index contributed by atoms with van der Waals surface area (Å²) in [5, 5.41) is 6.53. The van der Waals surface area contributed by atoms with Gasteiger partial charge in [-0.3, -0.25) is 9.82 Å². The molecule has 0 radical (unpaired) electrons. The summed E-state index contributed by atoms with van der Waals surface area (Å²) in [5.74, 6) is 0. The Morgan fingerprint density at radius 3 is 2.29 bits per heavy atom. The molecule has 2 aromatic carbocycles. The predicted molar refractivity (Wildman–Crippen MR) is 115 cm³/mol. The number of aromatic amines is 1. The average Bonchev–Trinajstić information content (AvgIpc) is 3.10. The van der Waals surface area contributed by atoms with Crippen LogP contribution in [-0.2, 0) is 16.2 Å².